The van der Waals surface area contributed by atoms with Crippen molar-refractivity contribution in [1.82, 2.24) is 0 Å². The van der Waals surface area contributed by atoms with Gasteiger partial charge in [-0.15, -0.1) is 0 Å². The molecule has 0 unspecified atom stereocenters. The zero-order valence-corrected chi connectivity index (χ0v) is 26.1. The molecule has 0 saturated heterocycles. The van der Waals surface area contributed by atoms with E-state index in [0.717, 1.165) is 32.1 Å². The van der Waals surface area contributed by atoms with Crippen LogP contribution in [0.4, 0.5) is 0 Å². The second-order valence-electron chi connectivity index (χ2n) is 11.4. The van der Waals surface area contributed by atoms with Crippen molar-refractivity contribution in [2.75, 3.05) is 20.8 Å². The summed E-state index contributed by atoms with van der Waals surface area (Å²) in [6.45, 7) is 14.1. The fraction of sp³-hybridized carbons (Fsp3) is 0.471. The molecule has 4 heteroatoms. The third kappa shape index (κ3) is 9.50. The minimum absolute atomic E-state index is 0.0143. The van der Waals surface area contributed by atoms with Gasteiger partial charge in [-0.25, -0.2) is 0 Å². The van der Waals surface area contributed by atoms with Gasteiger partial charge in [0.1, 0.15) is 0 Å². The maximum atomic E-state index is 7.03. The minimum atomic E-state index is -2.51. The van der Waals surface area contributed by atoms with Crippen LogP contribution in [0.3, 0.4) is 0 Å². The fourth-order valence-corrected chi connectivity index (χ4v) is 9.48. The number of hydrogen-bond donors (Lipinski definition) is 0. The first kappa shape index (κ1) is 32.0. The standard InChI is InChI=1S/C34H50O3Si/c1-28(2)17-15-19-30(27-33(35-7)36-8)20-16-18-29(3)25-26-37-38(34(4,5)6,31-21-11-9-12-22-31)32-23-13-10-14-24-32/h9-14,17,20-25,33H,15-16,18-19,26-27H2,1-8H3/b29-25+,30-20+. The van der Waals surface area contributed by atoms with E-state index in [9.17, 15) is 0 Å². The molecule has 0 heterocycles. The van der Waals surface area contributed by atoms with Crippen molar-refractivity contribution in [1.29, 1.82) is 0 Å². The Hall–Kier alpha value is -2.24. The van der Waals surface area contributed by atoms with E-state index in [2.05, 4.69) is 120 Å². The summed E-state index contributed by atoms with van der Waals surface area (Å²) in [5.74, 6) is 0. The Bertz CT molecular complexity index is 985. The third-order valence-corrected chi connectivity index (χ3v) is 12.1. The molecule has 0 saturated carbocycles. The molecule has 2 aromatic rings. The van der Waals surface area contributed by atoms with Gasteiger partial charge in [-0.05, 0) is 61.9 Å². The molecule has 3 nitrogen and oxygen atoms in total. The normalized spacial score (nSPS) is 13.2. The van der Waals surface area contributed by atoms with E-state index >= 15 is 0 Å². The zero-order chi connectivity index (χ0) is 28.0. The molecular weight excluding hydrogens is 484 g/mol. The first-order valence-electron chi connectivity index (χ1n) is 13.9. The van der Waals surface area contributed by atoms with Crippen molar-refractivity contribution in [3.63, 3.8) is 0 Å². The number of benzene rings is 2. The van der Waals surface area contributed by atoms with Crippen molar-refractivity contribution >= 4 is 18.7 Å². The highest BCUT2D eigenvalue weighted by Crippen LogP contribution is 2.36. The molecule has 0 radical (unpaired) electrons. The second kappa shape index (κ2) is 16.0. The molecular formula is C34H50O3Si. The quantitative estimate of drug-likeness (QED) is 0.132. The van der Waals surface area contributed by atoms with E-state index in [-0.39, 0.29) is 11.3 Å². The Morgan fingerprint density at radius 1 is 0.763 bits per heavy atom. The highest BCUT2D eigenvalue weighted by atomic mass is 28.4. The molecule has 0 aliphatic rings. The molecule has 0 bridgehead atoms. The van der Waals surface area contributed by atoms with Crippen molar-refractivity contribution in [3.8, 4) is 0 Å². The molecule has 0 aliphatic heterocycles. The van der Waals surface area contributed by atoms with Gasteiger partial charge >= 0.3 is 0 Å². The van der Waals surface area contributed by atoms with E-state index in [0.29, 0.717) is 6.61 Å². The van der Waals surface area contributed by atoms with Gasteiger partial charge < -0.3 is 13.9 Å². The van der Waals surface area contributed by atoms with Crippen LogP contribution in [0.2, 0.25) is 5.04 Å². The molecule has 0 N–H and O–H groups in total. The molecule has 0 aromatic heterocycles. The molecule has 0 aliphatic carbocycles. The maximum absolute atomic E-state index is 7.03. The summed E-state index contributed by atoms with van der Waals surface area (Å²) in [5, 5.41) is 2.62. The van der Waals surface area contributed by atoms with Crippen LogP contribution in [0.1, 0.15) is 73.6 Å². The van der Waals surface area contributed by atoms with Crippen LogP contribution in [-0.2, 0) is 13.9 Å². The molecule has 208 valence electrons. The minimum Gasteiger partial charge on any atom is -0.404 e. The van der Waals surface area contributed by atoms with Crippen LogP contribution in [0, 0.1) is 0 Å². The SMILES string of the molecule is COC(C/C(=C/CC/C(C)=C/CO[Si](c1ccccc1)(c1ccccc1)C(C)(C)C)CCC=C(C)C)OC. The molecule has 0 amide bonds. The van der Waals surface area contributed by atoms with E-state index in [1.54, 1.807) is 14.2 Å². The van der Waals surface area contributed by atoms with Gasteiger partial charge in [-0.3, -0.25) is 0 Å². The molecule has 0 atom stereocenters. The van der Waals surface area contributed by atoms with Crippen LogP contribution < -0.4 is 10.4 Å². The summed E-state index contributed by atoms with van der Waals surface area (Å²) in [4.78, 5) is 0. The van der Waals surface area contributed by atoms with Gasteiger partial charge in [-0.2, -0.15) is 0 Å². The fourth-order valence-electron chi connectivity index (χ4n) is 4.99. The lowest BCUT2D eigenvalue weighted by Crippen LogP contribution is -2.66. The Kier molecular flexibility index (Phi) is 13.5. The third-order valence-electron chi connectivity index (χ3n) is 7.09. The van der Waals surface area contributed by atoms with Crippen molar-refractivity contribution in [3.05, 3.63) is 95.6 Å². The summed E-state index contributed by atoms with van der Waals surface area (Å²) in [5.41, 5.74) is 4.12. The van der Waals surface area contributed by atoms with Crippen LogP contribution in [-0.4, -0.2) is 35.4 Å². The van der Waals surface area contributed by atoms with Crippen molar-refractivity contribution < 1.29 is 13.9 Å². The lowest BCUT2D eigenvalue weighted by atomic mass is 10.0. The van der Waals surface area contributed by atoms with Gasteiger partial charge in [0.2, 0.25) is 0 Å². The highest BCUT2D eigenvalue weighted by Gasteiger charge is 2.49. The summed E-state index contributed by atoms with van der Waals surface area (Å²) in [6.07, 6.45) is 11.7. The zero-order valence-electron chi connectivity index (χ0n) is 25.1. The Labute approximate surface area is 233 Å². The first-order chi connectivity index (χ1) is 18.1. The van der Waals surface area contributed by atoms with E-state index in [1.165, 1.54) is 27.1 Å². The van der Waals surface area contributed by atoms with E-state index in [4.69, 9.17) is 13.9 Å². The Balaban J connectivity index is 2.17. The second-order valence-corrected chi connectivity index (χ2v) is 15.7. The largest absolute Gasteiger partial charge is 0.404 e. The van der Waals surface area contributed by atoms with Crippen LogP contribution in [0.5, 0.6) is 0 Å². The van der Waals surface area contributed by atoms with E-state index < -0.39 is 8.32 Å². The monoisotopic (exact) mass is 534 g/mol. The molecule has 38 heavy (non-hydrogen) atoms. The summed E-state index contributed by atoms with van der Waals surface area (Å²) >= 11 is 0. The van der Waals surface area contributed by atoms with Gasteiger partial charge in [0.15, 0.2) is 6.29 Å². The van der Waals surface area contributed by atoms with Crippen LogP contribution >= 0.6 is 0 Å². The molecule has 2 aromatic carbocycles. The summed E-state index contributed by atoms with van der Waals surface area (Å²) in [6, 6.07) is 21.7. The first-order valence-corrected chi connectivity index (χ1v) is 15.8. The average molecular weight is 535 g/mol. The predicted molar refractivity (Wildman–Crippen MR) is 166 cm³/mol. The molecule has 0 fully saturated rings. The molecule has 2 rings (SSSR count). The van der Waals surface area contributed by atoms with Crippen molar-refractivity contribution in [2.24, 2.45) is 0 Å². The highest BCUT2D eigenvalue weighted by molar-refractivity contribution is 6.99. The van der Waals surface area contributed by atoms with Gasteiger partial charge in [-0.1, -0.05) is 116 Å². The van der Waals surface area contributed by atoms with Crippen molar-refractivity contribution in [2.45, 2.75) is 85.0 Å². The van der Waals surface area contributed by atoms with E-state index in [1.807, 2.05) is 0 Å². The number of hydrogen-bond acceptors (Lipinski definition) is 3. The average Bonchev–Trinajstić information content (AvgIpc) is 2.89. The summed E-state index contributed by atoms with van der Waals surface area (Å²) in [7, 11) is 0.912. The number of rotatable bonds is 15. The van der Waals surface area contributed by atoms with Gasteiger partial charge in [0, 0.05) is 20.6 Å². The van der Waals surface area contributed by atoms with Crippen LogP contribution in [0.15, 0.2) is 95.6 Å². The topological polar surface area (TPSA) is 27.7 Å². The lowest BCUT2D eigenvalue weighted by Gasteiger charge is -2.42. The molecule has 0 spiro atoms. The Morgan fingerprint density at radius 3 is 1.76 bits per heavy atom. The number of methoxy groups -OCH3 is 2. The van der Waals surface area contributed by atoms with Gasteiger partial charge in [0.05, 0.1) is 6.61 Å². The predicted octanol–water partition coefficient (Wildman–Crippen LogP) is 7.97. The number of allylic oxidation sites excluding steroid dienone is 4. The van der Waals surface area contributed by atoms with Crippen LogP contribution in [0.25, 0.3) is 0 Å². The Morgan fingerprint density at radius 2 is 1.29 bits per heavy atom. The maximum Gasteiger partial charge on any atom is 0.261 e. The number of ether oxygens (including phenoxy) is 2. The lowest BCUT2D eigenvalue weighted by molar-refractivity contribution is -0.100. The van der Waals surface area contributed by atoms with Gasteiger partial charge in [0.25, 0.3) is 8.32 Å². The summed E-state index contributed by atoms with van der Waals surface area (Å²) < 4.78 is 18.0. The smallest absolute Gasteiger partial charge is 0.261 e.